The summed E-state index contributed by atoms with van der Waals surface area (Å²) in [7, 11) is 0. The lowest BCUT2D eigenvalue weighted by atomic mass is 9.78. The van der Waals surface area contributed by atoms with Crippen molar-refractivity contribution in [1.82, 2.24) is 60.2 Å². The first-order chi connectivity index (χ1) is 65.6. The number of aryl methyl sites for hydroxylation is 7. The van der Waals surface area contributed by atoms with Gasteiger partial charge in [0.2, 0.25) is 23.6 Å². The van der Waals surface area contributed by atoms with E-state index in [0.29, 0.717) is 71.5 Å². The van der Waals surface area contributed by atoms with Crippen molar-refractivity contribution in [2.75, 3.05) is 26.2 Å². The summed E-state index contributed by atoms with van der Waals surface area (Å²) < 4.78 is 32.6. The number of Topliss-reactive ketones (excluding diaryl/α,β-unsaturated/α-hetero) is 4. The number of aromatic nitrogens is 8. The van der Waals surface area contributed by atoms with Gasteiger partial charge in [0.25, 0.3) is 0 Å². The highest BCUT2D eigenvalue weighted by Gasteiger charge is 2.50. The van der Waals surface area contributed by atoms with Crippen LogP contribution >= 0.6 is 22.7 Å². The molecule has 0 aliphatic carbocycles. The maximum absolute atomic E-state index is 13.8. The molecule has 4 N–H and O–H groups in total. The second-order valence-corrected chi connectivity index (χ2v) is 41.6. The highest BCUT2D eigenvalue weighted by atomic mass is 32.1. The Morgan fingerprint density at radius 1 is 0.413 bits per heavy atom. The second-order valence-electron chi connectivity index (χ2n) is 39.9. The molecular weight excluding hydrogens is 1790 g/mol. The van der Waals surface area contributed by atoms with Crippen LogP contribution in [0, 0.1) is 58.3 Å². The molecule has 12 aromatic rings. The number of amides is 4. The maximum Gasteiger partial charge on any atom is 0.234 e. The molecule has 0 saturated carbocycles. The minimum absolute atomic E-state index is 0.0111. The van der Waals surface area contributed by atoms with Crippen LogP contribution in [0.15, 0.2) is 184 Å². The van der Waals surface area contributed by atoms with E-state index in [1.165, 1.54) is 22.6 Å². The first-order valence-electron chi connectivity index (χ1n) is 47.4. The van der Waals surface area contributed by atoms with Crippen LogP contribution in [0.1, 0.15) is 262 Å². The number of nitrogens with zero attached hydrogens (tertiary/aromatic N) is 12. The summed E-state index contributed by atoms with van der Waals surface area (Å²) in [6, 6.07) is 36.6. The molecule has 12 heterocycles. The Labute approximate surface area is 812 Å². The van der Waals surface area contributed by atoms with Crippen molar-refractivity contribution in [3.05, 3.63) is 237 Å². The van der Waals surface area contributed by atoms with E-state index in [2.05, 4.69) is 40.6 Å². The summed E-state index contributed by atoms with van der Waals surface area (Å²) in [6.07, 6.45) is 6.97. The molecule has 32 heteroatoms. The quantitative estimate of drug-likeness (QED) is 0.0325. The van der Waals surface area contributed by atoms with E-state index in [1.807, 2.05) is 220 Å². The van der Waals surface area contributed by atoms with Gasteiger partial charge >= 0.3 is 0 Å². The van der Waals surface area contributed by atoms with E-state index in [9.17, 15) is 58.8 Å². The van der Waals surface area contributed by atoms with Crippen molar-refractivity contribution in [3.8, 4) is 43.5 Å². The van der Waals surface area contributed by atoms with Gasteiger partial charge in [-0.3, -0.25) is 48.3 Å². The molecular formula is C106H128N12O18S2. The summed E-state index contributed by atoms with van der Waals surface area (Å²) in [5.41, 5.74) is 15.4. The minimum atomic E-state index is -0.736. The summed E-state index contributed by atoms with van der Waals surface area (Å²) in [4.78, 5) is 132. The molecule has 4 aliphatic rings. The molecule has 4 aromatic carbocycles. The molecule has 138 heavy (non-hydrogen) atoms. The molecule has 15 atom stereocenters. The number of likely N-dealkylation sites (tertiary alicyclic amines) is 4. The lowest BCUT2D eigenvalue weighted by Crippen LogP contribution is -2.46. The van der Waals surface area contributed by atoms with Crippen LogP contribution in [-0.2, 0) is 44.8 Å². The van der Waals surface area contributed by atoms with Gasteiger partial charge in [-0.05, 0) is 122 Å². The molecule has 0 bridgehead atoms. The average molecular weight is 1920 g/mol. The molecule has 0 radical (unpaired) electrons. The Hall–Kier alpha value is -12.2. The van der Waals surface area contributed by atoms with Crippen LogP contribution in [0.25, 0.3) is 43.5 Å². The number of benzene rings is 4. The van der Waals surface area contributed by atoms with Crippen LogP contribution in [0.4, 0.5) is 0 Å². The van der Waals surface area contributed by atoms with Gasteiger partial charge < -0.3 is 67.0 Å². The zero-order chi connectivity index (χ0) is 99.5. The summed E-state index contributed by atoms with van der Waals surface area (Å²) in [6.45, 7) is 35.2. The summed E-state index contributed by atoms with van der Waals surface area (Å²) >= 11 is 3.17. The van der Waals surface area contributed by atoms with Crippen LogP contribution in [0.2, 0.25) is 0 Å². The highest BCUT2D eigenvalue weighted by Crippen LogP contribution is 2.44. The zero-order valence-corrected chi connectivity index (χ0v) is 83.5. The van der Waals surface area contributed by atoms with Gasteiger partial charge in [-0.1, -0.05) is 201 Å². The molecule has 4 saturated heterocycles. The minimum Gasteiger partial charge on any atom is -0.443 e. The number of carbonyl (C=O) groups excluding carboxylic acids is 8. The number of oxazole rings is 2. The van der Waals surface area contributed by atoms with E-state index < -0.39 is 83.1 Å². The van der Waals surface area contributed by atoms with Crippen LogP contribution in [0.3, 0.4) is 0 Å². The molecule has 30 nitrogen and oxygen atoms in total. The fourth-order valence-corrected chi connectivity index (χ4v) is 20.3. The standard InChI is InChI=1S/C28H35N3O5.C27H33N3O5.C27H33N3O4S.C24H27N3O4S/c1-16(19-7-9-20(10-8-19)26-18(3)29-15-35-26)11-23(33)22-13-21(32)14-31(22)27(34)25(28(4,5)6)24-12-17(2)30-36-24;1-15(2)25(24-11-17(4)29-35-24)27(33)30-13-21(31)12-22(30)23(32)10-16(3)19-6-8-20(9-7-19)26-18(5)28-14-34-26;1-16(18-6-8-19(9-7-18)24-13-28-15-35-24)10-22(32)21-12-20(31)14-30(21)26(33)25(27(3,4)5)23-11-17(2)29-34-23;1-3-19(22-10-15(2)26-31-22)24(30)27-13-18(28)11-20(27)21(29)9-6-16-4-7-17(8-5-16)23-12-25-14-32-23/h7-10,12,15-16,21-22,25,32H,11,13-14H2,1-6H3;6-9,11,14-16,21-22,25,31H,10,12-13H2,1-5H3;6-9,11,13,15-16,20-21,25,31H,10,12,14H2,1-5H3;4-5,7-8,10,12,14,18-20,28H,3,6,9,11,13H2,1-2H3/t2*16-,21-,22+,25-;16-,20-,21+,25-;18-,19-,20+/m1111/s1. The Balaban J connectivity index is 0.000000155. The third-order valence-electron chi connectivity index (χ3n) is 26.4. The monoisotopic (exact) mass is 1920 g/mol. The lowest BCUT2D eigenvalue weighted by Gasteiger charge is -2.33. The Kier molecular flexibility index (Phi) is 33.8. The van der Waals surface area contributed by atoms with Crippen LogP contribution in [0.5, 0.6) is 0 Å². The van der Waals surface area contributed by atoms with Crippen molar-refractivity contribution in [1.29, 1.82) is 0 Å². The Bertz CT molecular complexity index is 6100. The number of carbonyl (C=O) groups is 8. The number of hydrogen-bond donors (Lipinski definition) is 4. The predicted octanol–water partition coefficient (Wildman–Crippen LogP) is 17.9. The molecule has 0 unspecified atom stereocenters. The SMILES string of the molecule is CC[C@@H](C(=O)N1C[C@H](O)C[C@H]1C(=O)CCc1ccc(-c2cncs2)cc1)c1cc(C)no1.Cc1cc([C@H](C(=O)N2C[C@H](O)C[C@H]2C(=O)C[C@@H](C)c2ccc(-c3cncs3)cc2)C(C)(C)C)on1.Cc1cc([C@H](C(=O)N2C[C@H](O)C[C@H]2C(=O)C[C@@H](C)c2ccc(-c3ocnc3C)cc2)C(C)(C)C)on1.Cc1cc([C@H](C(=O)N2C[C@H](O)C[C@H]2C(=O)C[C@@H](C)c2ccc(-c3ocnc3C)cc2)C(C)C)on1. The van der Waals surface area contributed by atoms with E-state index in [4.69, 9.17) is 26.9 Å². The Morgan fingerprint density at radius 3 is 1.04 bits per heavy atom. The van der Waals surface area contributed by atoms with Gasteiger partial charge in [0.1, 0.15) is 40.8 Å². The van der Waals surface area contributed by atoms with Crippen molar-refractivity contribution in [3.63, 3.8) is 0 Å². The van der Waals surface area contributed by atoms with Gasteiger partial charge in [0.05, 0.1) is 109 Å². The number of aliphatic hydroxyl groups is 4. The molecule has 732 valence electrons. The topological polar surface area (TPSA) is 412 Å². The van der Waals surface area contributed by atoms with Crippen molar-refractivity contribution < 1.29 is 85.7 Å². The molecule has 16 rings (SSSR count). The zero-order valence-electron chi connectivity index (χ0n) is 81.8. The molecule has 4 amide bonds. The van der Waals surface area contributed by atoms with Gasteiger partial charge in [-0.15, -0.1) is 22.7 Å². The van der Waals surface area contributed by atoms with E-state index in [1.54, 1.807) is 81.6 Å². The predicted molar refractivity (Wildman–Crippen MR) is 520 cm³/mol. The third kappa shape index (κ3) is 25.1. The van der Waals surface area contributed by atoms with Gasteiger partial charge in [-0.2, -0.15) is 0 Å². The highest BCUT2D eigenvalue weighted by molar-refractivity contribution is 7.13. The van der Waals surface area contributed by atoms with E-state index in [-0.39, 0.29) is 135 Å². The number of ketones is 4. The smallest absolute Gasteiger partial charge is 0.234 e. The van der Waals surface area contributed by atoms with Crippen LogP contribution < -0.4 is 0 Å². The molecule has 4 fully saturated rings. The number of thiazole rings is 2. The summed E-state index contributed by atoms with van der Waals surface area (Å²) in [5, 5.41) is 57.1. The fourth-order valence-electron chi connectivity index (χ4n) is 19.1. The third-order valence-corrected chi connectivity index (χ3v) is 28.1. The normalized spacial score (nSPS) is 19.8. The lowest BCUT2D eigenvalue weighted by molar-refractivity contribution is -0.141. The van der Waals surface area contributed by atoms with Gasteiger partial charge in [0, 0.05) is 125 Å². The number of aliphatic hydroxyl groups excluding tert-OH is 4. The van der Waals surface area contributed by atoms with Crippen LogP contribution in [-0.4, -0.2) is 202 Å². The van der Waals surface area contributed by atoms with E-state index in [0.717, 1.165) is 77.2 Å². The van der Waals surface area contributed by atoms with Crippen molar-refractivity contribution in [2.45, 2.75) is 279 Å². The maximum atomic E-state index is 13.8. The van der Waals surface area contributed by atoms with E-state index >= 15 is 0 Å². The average Bonchev–Trinajstić information content (AvgIpc) is 1.60. The number of β-amino-alcohol motifs (C(OH)–C–C–N with tert-alkyl or cyclic N) is 4. The second kappa shape index (κ2) is 45.2. The fraction of sp³-hybridized carbons (Fsp3) is 0.472. The summed E-state index contributed by atoms with van der Waals surface area (Å²) in [5.74, 6) is 0.0514. The first kappa shape index (κ1) is 103. The number of rotatable bonds is 30. The van der Waals surface area contributed by atoms with Gasteiger partial charge in [0.15, 0.2) is 47.4 Å². The molecule has 0 spiro atoms. The molecule has 8 aromatic heterocycles. The van der Waals surface area contributed by atoms with Gasteiger partial charge in [-0.25, -0.2) is 9.97 Å². The first-order valence-corrected chi connectivity index (χ1v) is 49.1. The van der Waals surface area contributed by atoms with Crippen molar-refractivity contribution in [2.24, 2.45) is 16.7 Å². The largest absolute Gasteiger partial charge is 0.443 e. The number of hydrogen-bond acceptors (Lipinski definition) is 28. The van der Waals surface area contributed by atoms with Crippen molar-refractivity contribution >= 4 is 69.4 Å². The molecule has 4 aliphatic heterocycles. The Morgan fingerprint density at radius 2 is 0.732 bits per heavy atom.